The van der Waals surface area contributed by atoms with E-state index in [4.69, 9.17) is 5.11 Å². The summed E-state index contributed by atoms with van der Waals surface area (Å²) in [5.41, 5.74) is -1.18. The summed E-state index contributed by atoms with van der Waals surface area (Å²) in [6, 6.07) is 0. The molecule has 0 aromatic carbocycles. The Labute approximate surface area is 120 Å². The topological polar surface area (TPSA) is 95.5 Å². The van der Waals surface area contributed by atoms with E-state index in [0.29, 0.717) is 32.2 Å². The van der Waals surface area contributed by atoms with Gasteiger partial charge in [-0.15, -0.1) is 0 Å². The zero-order chi connectivity index (χ0) is 15.6. The molecule has 2 amide bonds. The number of unbranched alkanes of at least 4 members (excludes halogenated alkanes) is 2. The number of carbonyl (C=O) groups excluding carboxylic acids is 2. The van der Waals surface area contributed by atoms with E-state index in [1.54, 1.807) is 0 Å². The first-order valence-corrected chi connectivity index (χ1v) is 7.10. The van der Waals surface area contributed by atoms with Crippen LogP contribution >= 0.6 is 0 Å². The van der Waals surface area contributed by atoms with Gasteiger partial charge in [0.1, 0.15) is 5.54 Å². The molecule has 20 heavy (non-hydrogen) atoms. The van der Waals surface area contributed by atoms with E-state index < -0.39 is 11.5 Å². The number of carbonyl (C=O) groups is 3. The standard InChI is InChI=1S/C14H26N2O4/c1-4-9-14(3,13(19)20)16-12(18)8-6-5-7-10-15-11(2)17/h4-10H2,1-3H3,(H,15,17)(H,16,18)(H,19,20). The minimum atomic E-state index is -1.18. The maximum Gasteiger partial charge on any atom is 0.329 e. The van der Waals surface area contributed by atoms with Gasteiger partial charge in [-0.05, 0) is 26.2 Å². The van der Waals surface area contributed by atoms with Gasteiger partial charge in [-0.1, -0.05) is 19.8 Å². The summed E-state index contributed by atoms with van der Waals surface area (Å²) < 4.78 is 0. The lowest BCUT2D eigenvalue weighted by molar-refractivity contribution is -0.147. The molecule has 6 nitrogen and oxygen atoms in total. The highest BCUT2D eigenvalue weighted by atomic mass is 16.4. The number of hydrogen-bond acceptors (Lipinski definition) is 3. The third-order valence-corrected chi connectivity index (χ3v) is 3.09. The maximum absolute atomic E-state index is 11.7. The highest BCUT2D eigenvalue weighted by Crippen LogP contribution is 2.13. The first-order chi connectivity index (χ1) is 9.31. The summed E-state index contributed by atoms with van der Waals surface area (Å²) in [4.78, 5) is 33.5. The third kappa shape index (κ3) is 7.76. The minimum Gasteiger partial charge on any atom is -0.480 e. The van der Waals surface area contributed by atoms with Crippen molar-refractivity contribution < 1.29 is 19.5 Å². The van der Waals surface area contributed by atoms with Crippen LogP contribution in [-0.2, 0) is 14.4 Å². The fraction of sp³-hybridized carbons (Fsp3) is 0.786. The quantitative estimate of drug-likeness (QED) is 0.530. The average molecular weight is 286 g/mol. The van der Waals surface area contributed by atoms with Crippen molar-refractivity contribution in [1.29, 1.82) is 0 Å². The van der Waals surface area contributed by atoms with Crippen LogP contribution in [0.3, 0.4) is 0 Å². The fourth-order valence-corrected chi connectivity index (χ4v) is 1.94. The summed E-state index contributed by atoms with van der Waals surface area (Å²) in [5.74, 6) is -1.29. The van der Waals surface area contributed by atoms with Crippen LogP contribution in [0.4, 0.5) is 0 Å². The van der Waals surface area contributed by atoms with E-state index in [1.807, 2.05) is 6.92 Å². The zero-order valence-electron chi connectivity index (χ0n) is 12.6. The summed E-state index contributed by atoms with van der Waals surface area (Å²) in [7, 11) is 0. The van der Waals surface area contributed by atoms with E-state index in [9.17, 15) is 14.4 Å². The SMILES string of the molecule is CCCC(C)(NC(=O)CCCCCNC(C)=O)C(=O)O. The van der Waals surface area contributed by atoms with E-state index in [-0.39, 0.29) is 11.8 Å². The molecule has 1 unspecified atom stereocenters. The van der Waals surface area contributed by atoms with Crippen molar-refractivity contribution in [2.45, 2.75) is 64.8 Å². The monoisotopic (exact) mass is 286 g/mol. The summed E-state index contributed by atoms with van der Waals surface area (Å²) in [5, 5.41) is 14.4. The molecule has 0 radical (unpaired) electrons. The fourth-order valence-electron chi connectivity index (χ4n) is 1.94. The molecule has 0 aliphatic rings. The number of aliphatic carboxylic acids is 1. The molecule has 6 heteroatoms. The lowest BCUT2D eigenvalue weighted by atomic mass is 9.96. The third-order valence-electron chi connectivity index (χ3n) is 3.09. The van der Waals surface area contributed by atoms with Crippen molar-refractivity contribution in [1.82, 2.24) is 10.6 Å². The molecule has 0 aromatic rings. The Balaban J connectivity index is 3.92. The van der Waals surface area contributed by atoms with Crippen LogP contribution in [-0.4, -0.2) is 35.0 Å². The van der Waals surface area contributed by atoms with Crippen molar-refractivity contribution in [2.75, 3.05) is 6.54 Å². The Hall–Kier alpha value is -1.59. The zero-order valence-corrected chi connectivity index (χ0v) is 12.6. The second-order valence-electron chi connectivity index (χ2n) is 5.23. The number of hydrogen-bond donors (Lipinski definition) is 3. The molecular weight excluding hydrogens is 260 g/mol. The van der Waals surface area contributed by atoms with Gasteiger partial charge in [0, 0.05) is 19.9 Å². The molecule has 3 N–H and O–H groups in total. The van der Waals surface area contributed by atoms with Gasteiger partial charge in [0.25, 0.3) is 0 Å². The van der Waals surface area contributed by atoms with Gasteiger partial charge < -0.3 is 15.7 Å². The van der Waals surface area contributed by atoms with Crippen LogP contribution in [0.15, 0.2) is 0 Å². The number of carboxylic acids is 1. The van der Waals surface area contributed by atoms with E-state index >= 15 is 0 Å². The van der Waals surface area contributed by atoms with E-state index in [1.165, 1.54) is 13.8 Å². The van der Waals surface area contributed by atoms with Gasteiger partial charge in [-0.2, -0.15) is 0 Å². The smallest absolute Gasteiger partial charge is 0.329 e. The van der Waals surface area contributed by atoms with Gasteiger partial charge in [0.05, 0.1) is 0 Å². The molecule has 0 aliphatic carbocycles. The molecule has 0 saturated heterocycles. The summed E-state index contributed by atoms with van der Waals surface area (Å²) >= 11 is 0. The first kappa shape index (κ1) is 18.4. The molecule has 0 aromatic heterocycles. The van der Waals surface area contributed by atoms with Crippen molar-refractivity contribution in [3.8, 4) is 0 Å². The second kappa shape index (κ2) is 9.34. The highest BCUT2D eigenvalue weighted by Gasteiger charge is 2.33. The lowest BCUT2D eigenvalue weighted by Crippen LogP contribution is -2.52. The molecule has 0 heterocycles. The molecule has 0 fully saturated rings. The molecule has 0 saturated carbocycles. The Morgan fingerprint density at radius 3 is 2.30 bits per heavy atom. The number of amides is 2. The number of rotatable bonds is 10. The summed E-state index contributed by atoms with van der Waals surface area (Å²) in [6.07, 6.45) is 3.75. The maximum atomic E-state index is 11.7. The first-order valence-electron chi connectivity index (χ1n) is 7.10. The van der Waals surface area contributed by atoms with Crippen LogP contribution in [0.2, 0.25) is 0 Å². The van der Waals surface area contributed by atoms with Gasteiger partial charge in [-0.25, -0.2) is 4.79 Å². The van der Waals surface area contributed by atoms with E-state index in [2.05, 4.69) is 10.6 Å². The van der Waals surface area contributed by atoms with Gasteiger partial charge in [-0.3, -0.25) is 9.59 Å². The van der Waals surface area contributed by atoms with Gasteiger partial charge in [0.2, 0.25) is 11.8 Å². The van der Waals surface area contributed by atoms with Gasteiger partial charge >= 0.3 is 5.97 Å². The molecule has 0 spiro atoms. The van der Waals surface area contributed by atoms with Crippen LogP contribution in [0.25, 0.3) is 0 Å². The average Bonchev–Trinajstić information content (AvgIpc) is 2.33. The van der Waals surface area contributed by atoms with E-state index in [0.717, 1.165) is 12.8 Å². The molecule has 0 rings (SSSR count). The molecule has 116 valence electrons. The van der Waals surface area contributed by atoms with Gasteiger partial charge in [0.15, 0.2) is 0 Å². The molecule has 1 atom stereocenters. The molecular formula is C14H26N2O4. The number of carboxylic acid groups (broad SMARTS) is 1. The highest BCUT2D eigenvalue weighted by molar-refractivity contribution is 5.86. The van der Waals surface area contributed by atoms with Crippen molar-refractivity contribution in [2.24, 2.45) is 0 Å². The largest absolute Gasteiger partial charge is 0.480 e. The predicted molar refractivity (Wildman–Crippen MR) is 76.2 cm³/mol. The Bertz CT molecular complexity index is 344. The predicted octanol–water partition coefficient (Wildman–Crippen LogP) is 1.44. The van der Waals surface area contributed by atoms with Crippen LogP contribution in [0, 0.1) is 0 Å². The molecule has 0 aliphatic heterocycles. The Morgan fingerprint density at radius 1 is 1.15 bits per heavy atom. The van der Waals surface area contributed by atoms with Crippen molar-refractivity contribution >= 4 is 17.8 Å². The minimum absolute atomic E-state index is 0.0560. The Kier molecular flexibility index (Phi) is 8.59. The van der Waals surface area contributed by atoms with Crippen LogP contribution in [0.1, 0.15) is 59.3 Å². The summed E-state index contributed by atoms with van der Waals surface area (Å²) in [6.45, 7) is 5.50. The Morgan fingerprint density at radius 2 is 1.80 bits per heavy atom. The van der Waals surface area contributed by atoms with Crippen LogP contribution in [0.5, 0.6) is 0 Å². The second-order valence-corrected chi connectivity index (χ2v) is 5.23. The van der Waals surface area contributed by atoms with Crippen LogP contribution < -0.4 is 10.6 Å². The van der Waals surface area contributed by atoms with Crippen molar-refractivity contribution in [3.05, 3.63) is 0 Å². The molecule has 0 bridgehead atoms. The number of nitrogens with one attached hydrogen (secondary N) is 2. The van der Waals surface area contributed by atoms with Crippen molar-refractivity contribution in [3.63, 3.8) is 0 Å². The normalized spacial score (nSPS) is 13.3. The lowest BCUT2D eigenvalue weighted by Gasteiger charge is -2.25.